The highest BCUT2D eigenvalue weighted by molar-refractivity contribution is 7.17. The van der Waals surface area contributed by atoms with E-state index in [9.17, 15) is 4.79 Å². The van der Waals surface area contributed by atoms with Crippen LogP contribution < -0.4 is 5.32 Å². The summed E-state index contributed by atoms with van der Waals surface area (Å²) in [5, 5.41) is 5.71. The molecule has 0 saturated carbocycles. The highest BCUT2D eigenvalue weighted by atomic mass is 32.1. The lowest BCUT2D eigenvalue weighted by molar-refractivity contribution is 0.0529. The number of pyridine rings is 1. The number of thiophene rings is 1. The van der Waals surface area contributed by atoms with Crippen LogP contribution in [0.2, 0.25) is 0 Å². The normalized spacial score (nSPS) is 10.6. The molecule has 22 heavy (non-hydrogen) atoms. The molecule has 0 spiro atoms. The van der Waals surface area contributed by atoms with E-state index in [0.29, 0.717) is 29.9 Å². The van der Waals surface area contributed by atoms with Crippen molar-refractivity contribution in [2.45, 2.75) is 13.5 Å². The molecule has 0 bridgehead atoms. The summed E-state index contributed by atoms with van der Waals surface area (Å²) in [6, 6.07) is 3.84. The fraction of sp³-hybridized carbons (Fsp3) is 0.200. The zero-order valence-corrected chi connectivity index (χ0v) is 12.8. The molecule has 0 amide bonds. The van der Waals surface area contributed by atoms with Crippen LogP contribution in [-0.2, 0) is 11.3 Å². The van der Waals surface area contributed by atoms with Gasteiger partial charge in [-0.05, 0) is 24.6 Å². The van der Waals surface area contributed by atoms with Crippen LogP contribution in [0.4, 0.5) is 5.82 Å². The Morgan fingerprint density at radius 1 is 1.32 bits per heavy atom. The van der Waals surface area contributed by atoms with Gasteiger partial charge in [-0.15, -0.1) is 11.3 Å². The molecule has 112 valence electrons. The van der Waals surface area contributed by atoms with Crippen LogP contribution in [0.5, 0.6) is 0 Å². The van der Waals surface area contributed by atoms with Crippen molar-refractivity contribution in [1.29, 1.82) is 0 Å². The maximum atomic E-state index is 12.0. The second kappa shape index (κ2) is 6.48. The molecule has 1 N–H and O–H groups in total. The average Bonchev–Trinajstić information content (AvgIpc) is 2.99. The quantitative estimate of drug-likeness (QED) is 0.730. The Balaban J connectivity index is 1.92. The van der Waals surface area contributed by atoms with Gasteiger partial charge in [-0.1, -0.05) is 0 Å². The lowest BCUT2D eigenvalue weighted by Crippen LogP contribution is -2.07. The number of nitrogens with zero attached hydrogens (tertiary/aromatic N) is 3. The van der Waals surface area contributed by atoms with Gasteiger partial charge < -0.3 is 10.1 Å². The first kappa shape index (κ1) is 14.4. The lowest BCUT2D eigenvalue weighted by Gasteiger charge is -2.08. The number of anilines is 1. The van der Waals surface area contributed by atoms with Gasteiger partial charge in [-0.25, -0.2) is 14.8 Å². The summed E-state index contributed by atoms with van der Waals surface area (Å²) in [7, 11) is 0. The van der Waals surface area contributed by atoms with Gasteiger partial charge in [0.05, 0.1) is 17.6 Å². The van der Waals surface area contributed by atoms with E-state index < -0.39 is 0 Å². The summed E-state index contributed by atoms with van der Waals surface area (Å²) >= 11 is 1.40. The molecule has 0 aliphatic rings. The van der Waals surface area contributed by atoms with Crippen LogP contribution in [0.1, 0.15) is 22.8 Å². The SMILES string of the molecule is CCOC(=O)c1csc2ncnc(NCc3ccncc3)c12. The molecule has 0 radical (unpaired) electrons. The minimum Gasteiger partial charge on any atom is -0.462 e. The molecule has 0 aromatic carbocycles. The van der Waals surface area contributed by atoms with Crippen molar-refractivity contribution in [1.82, 2.24) is 15.0 Å². The third-order valence-electron chi connectivity index (χ3n) is 3.07. The minimum absolute atomic E-state index is 0.337. The molecule has 6 nitrogen and oxygen atoms in total. The zero-order chi connectivity index (χ0) is 15.4. The second-order valence-corrected chi connectivity index (χ2v) is 5.34. The number of rotatable bonds is 5. The molecule has 3 rings (SSSR count). The Bertz CT molecular complexity index is 789. The molecular weight excluding hydrogens is 300 g/mol. The molecular formula is C15H14N4O2S. The molecule has 0 fully saturated rings. The van der Waals surface area contributed by atoms with Crippen LogP contribution >= 0.6 is 11.3 Å². The summed E-state index contributed by atoms with van der Waals surface area (Å²) < 4.78 is 5.09. The smallest absolute Gasteiger partial charge is 0.339 e. The fourth-order valence-electron chi connectivity index (χ4n) is 2.05. The van der Waals surface area contributed by atoms with E-state index in [4.69, 9.17) is 4.74 Å². The maximum Gasteiger partial charge on any atom is 0.339 e. The molecule has 0 saturated heterocycles. The molecule has 3 aromatic rings. The van der Waals surface area contributed by atoms with Crippen molar-refractivity contribution in [3.05, 3.63) is 47.4 Å². The van der Waals surface area contributed by atoms with E-state index in [1.807, 2.05) is 12.1 Å². The average molecular weight is 314 g/mol. The third kappa shape index (κ3) is 2.89. The van der Waals surface area contributed by atoms with Gasteiger partial charge in [-0.3, -0.25) is 4.98 Å². The minimum atomic E-state index is -0.351. The van der Waals surface area contributed by atoms with Crippen LogP contribution in [0.25, 0.3) is 10.2 Å². The summed E-state index contributed by atoms with van der Waals surface area (Å²) in [5.74, 6) is 0.279. The Kier molecular flexibility index (Phi) is 4.24. The van der Waals surface area contributed by atoms with Crippen molar-refractivity contribution in [2.24, 2.45) is 0 Å². The Morgan fingerprint density at radius 3 is 2.91 bits per heavy atom. The first-order chi connectivity index (χ1) is 10.8. The first-order valence-electron chi connectivity index (χ1n) is 6.81. The van der Waals surface area contributed by atoms with E-state index in [1.54, 1.807) is 24.7 Å². The van der Waals surface area contributed by atoms with E-state index >= 15 is 0 Å². The van der Waals surface area contributed by atoms with Crippen LogP contribution in [-0.4, -0.2) is 27.5 Å². The number of hydrogen-bond acceptors (Lipinski definition) is 7. The number of esters is 1. The second-order valence-electron chi connectivity index (χ2n) is 4.48. The summed E-state index contributed by atoms with van der Waals surface area (Å²) in [6.45, 7) is 2.71. The van der Waals surface area contributed by atoms with Crippen molar-refractivity contribution >= 4 is 33.3 Å². The summed E-state index contributed by atoms with van der Waals surface area (Å²) in [6.07, 6.45) is 4.96. The number of nitrogens with one attached hydrogen (secondary N) is 1. The van der Waals surface area contributed by atoms with E-state index in [-0.39, 0.29) is 5.97 Å². The van der Waals surface area contributed by atoms with Gasteiger partial charge in [0.25, 0.3) is 0 Å². The van der Waals surface area contributed by atoms with Crippen LogP contribution in [0.3, 0.4) is 0 Å². The maximum absolute atomic E-state index is 12.0. The van der Waals surface area contributed by atoms with Crippen molar-refractivity contribution in [2.75, 3.05) is 11.9 Å². The standard InChI is InChI=1S/C15H14N4O2S/c1-2-21-15(20)11-8-22-14-12(11)13(18-9-19-14)17-7-10-3-5-16-6-4-10/h3-6,8-9H,2,7H2,1H3,(H,17,18,19). The summed E-state index contributed by atoms with van der Waals surface area (Å²) in [4.78, 5) is 25.3. The van der Waals surface area contributed by atoms with E-state index in [2.05, 4.69) is 20.3 Å². The fourth-order valence-corrected chi connectivity index (χ4v) is 2.93. The molecule has 0 aliphatic heterocycles. The monoisotopic (exact) mass is 314 g/mol. The number of ether oxygens (including phenoxy) is 1. The highest BCUT2D eigenvalue weighted by Crippen LogP contribution is 2.30. The number of carbonyl (C=O) groups excluding carboxylic acids is 1. The Hall–Kier alpha value is -2.54. The van der Waals surface area contributed by atoms with Gasteiger partial charge in [0, 0.05) is 24.3 Å². The van der Waals surface area contributed by atoms with Gasteiger partial charge in [0.1, 0.15) is 17.0 Å². The topological polar surface area (TPSA) is 77.0 Å². The molecule has 0 aliphatic carbocycles. The van der Waals surface area contributed by atoms with Crippen LogP contribution in [0.15, 0.2) is 36.2 Å². The lowest BCUT2D eigenvalue weighted by atomic mass is 10.2. The van der Waals surface area contributed by atoms with Crippen LogP contribution in [0, 0.1) is 0 Å². The predicted octanol–water partition coefficient (Wildman–Crippen LogP) is 2.88. The van der Waals surface area contributed by atoms with Gasteiger partial charge in [-0.2, -0.15) is 0 Å². The third-order valence-corrected chi connectivity index (χ3v) is 3.96. The van der Waals surface area contributed by atoms with Crippen molar-refractivity contribution in [3.63, 3.8) is 0 Å². The molecule has 0 unspecified atom stereocenters. The highest BCUT2D eigenvalue weighted by Gasteiger charge is 2.18. The number of aromatic nitrogens is 3. The number of hydrogen-bond donors (Lipinski definition) is 1. The molecule has 3 aromatic heterocycles. The Labute approximate surface area is 131 Å². The number of carbonyl (C=O) groups is 1. The Morgan fingerprint density at radius 2 is 2.14 bits per heavy atom. The van der Waals surface area contributed by atoms with Gasteiger partial charge >= 0.3 is 5.97 Å². The van der Waals surface area contributed by atoms with Crippen molar-refractivity contribution < 1.29 is 9.53 Å². The molecule has 0 atom stereocenters. The zero-order valence-electron chi connectivity index (χ0n) is 11.9. The largest absolute Gasteiger partial charge is 0.462 e. The molecule has 7 heteroatoms. The first-order valence-corrected chi connectivity index (χ1v) is 7.69. The van der Waals surface area contributed by atoms with Gasteiger partial charge in [0.2, 0.25) is 0 Å². The molecule has 3 heterocycles. The number of fused-ring (bicyclic) bond motifs is 1. The van der Waals surface area contributed by atoms with E-state index in [0.717, 1.165) is 10.4 Å². The summed E-state index contributed by atoms with van der Waals surface area (Å²) in [5.41, 5.74) is 1.58. The van der Waals surface area contributed by atoms with Crippen molar-refractivity contribution in [3.8, 4) is 0 Å². The van der Waals surface area contributed by atoms with Gasteiger partial charge in [0.15, 0.2) is 0 Å². The predicted molar refractivity (Wildman–Crippen MR) is 84.9 cm³/mol. The van der Waals surface area contributed by atoms with E-state index in [1.165, 1.54) is 17.7 Å².